The van der Waals surface area contributed by atoms with Crippen molar-refractivity contribution in [3.63, 3.8) is 0 Å². The Hall–Kier alpha value is -0.910. The van der Waals surface area contributed by atoms with Gasteiger partial charge in [0.1, 0.15) is 0 Å². The summed E-state index contributed by atoms with van der Waals surface area (Å²) in [6.45, 7) is 5.90. The lowest BCUT2D eigenvalue weighted by molar-refractivity contribution is -0.147. The molecule has 0 aromatic heterocycles. The molecule has 1 saturated carbocycles. The summed E-state index contributed by atoms with van der Waals surface area (Å²) >= 11 is 0. The van der Waals surface area contributed by atoms with Crippen LogP contribution in [0.4, 0.5) is 0 Å². The summed E-state index contributed by atoms with van der Waals surface area (Å²) in [6.07, 6.45) is 14.2. The van der Waals surface area contributed by atoms with Crippen LogP contribution in [0.15, 0.2) is 12.2 Å². The fourth-order valence-electron chi connectivity index (χ4n) is 4.48. The number of hydrogen-bond donors (Lipinski definition) is 3. The van der Waals surface area contributed by atoms with Crippen molar-refractivity contribution in [3.8, 4) is 0 Å². The highest BCUT2D eigenvalue weighted by molar-refractivity contribution is 5.69. The summed E-state index contributed by atoms with van der Waals surface area (Å²) < 4.78 is 5.12. The molecule has 30 heavy (non-hydrogen) atoms. The van der Waals surface area contributed by atoms with Crippen molar-refractivity contribution < 1.29 is 24.9 Å². The van der Waals surface area contributed by atoms with Gasteiger partial charge >= 0.3 is 5.97 Å². The van der Waals surface area contributed by atoms with Crippen LogP contribution in [-0.2, 0) is 9.53 Å². The van der Waals surface area contributed by atoms with Gasteiger partial charge in [0.05, 0.1) is 24.4 Å². The second-order valence-electron chi connectivity index (χ2n) is 9.27. The molecule has 1 fully saturated rings. The quantitative estimate of drug-likeness (QED) is 0.185. The molecular formula is C25H46O5. The Bertz CT molecular complexity index is 476. The highest BCUT2D eigenvalue weighted by Gasteiger charge is 2.40. The van der Waals surface area contributed by atoms with Gasteiger partial charge in [-0.15, -0.1) is 0 Å². The summed E-state index contributed by atoms with van der Waals surface area (Å²) in [5, 5.41) is 31.0. The topological polar surface area (TPSA) is 87.0 Å². The number of allylic oxidation sites excluding steroid dienone is 2. The van der Waals surface area contributed by atoms with E-state index in [-0.39, 0.29) is 30.0 Å². The monoisotopic (exact) mass is 426 g/mol. The first kappa shape index (κ1) is 27.1. The molecule has 0 aliphatic heterocycles. The zero-order valence-electron chi connectivity index (χ0n) is 19.5. The Morgan fingerprint density at radius 3 is 2.40 bits per heavy atom. The summed E-state index contributed by atoms with van der Waals surface area (Å²) in [7, 11) is 0. The molecule has 176 valence electrons. The highest BCUT2D eigenvalue weighted by atomic mass is 16.5. The van der Waals surface area contributed by atoms with Crippen LogP contribution in [0, 0.1) is 11.8 Å². The third-order valence-electron chi connectivity index (χ3n) is 6.19. The molecule has 0 unspecified atom stereocenters. The van der Waals surface area contributed by atoms with E-state index >= 15 is 0 Å². The van der Waals surface area contributed by atoms with Gasteiger partial charge in [-0.05, 0) is 70.6 Å². The number of carbonyl (C=O) groups is 1. The van der Waals surface area contributed by atoms with Gasteiger partial charge in [-0.1, -0.05) is 51.2 Å². The van der Waals surface area contributed by atoms with Crippen molar-refractivity contribution in [2.75, 3.05) is 0 Å². The molecule has 5 heteroatoms. The molecule has 3 N–H and O–H groups in total. The minimum atomic E-state index is -0.485. The van der Waals surface area contributed by atoms with E-state index in [1.807, 2.05) is 13.8 Å². The van der Waals surface area contributed by atoms with Crippen molar-refractivity contribution in [2.24, 2.45) is 11.8 Å². The fraction of sp³-hybridized carbons (Fsp3) is 0.880. The number of carbonyl (C=O) groups excluding carboxylic acids is 1. The number of rotatable bonds is 16. The molecule has 0 aromatic rings. The lowest BCUT2D eigenvalue weighted by atomic mass is 9.85. The van der Waals surface area contributed by atoms with E-state index in [0.717, 1.165) is 38.5 Å². The SMILES string of the molecule is CCCCCCC[C@H](O)CC[C@@H]1[C@@H](C/C=C\CCCC(=O)OC(C)C)[C@@H](O)C[C@H]1O. The van der Waals surface area contributed by atoms with Crippen molar-refractivity contribution in [3.05, 3.63) is 12.2 Å². The number of unbranched alkanes of at least 4 members (excludes halogenated alkanes) is 5. The van der Waals surface area contributed by atoms with Crippen LogP contribution in [-0.4, -0.2) is 45.7 Å². The second kappa shape index (κ2) is 15.8. The van der Waals surface area contributed by atoms with E-state index in [9.17, 15) is 20.1 Å². The normalized spacial score (nSPS) is 25.3. The predicted molar refractivity (Wildman–Crippen MR) is 121 cm³/mol. The second-order valence-corrected chi connectivity index (χ2v) is 9.27. The van der Waals surface area contributed by atoms with E-state index in [0.29, 0.717) is 19.3 Å². The first-order valence-electron chi connectivity index (χ1n) is 12.2. The van der Waals surface area contributed by atoms with Gasteiger partial charge < -0.3 is 20.1 Å². The first-order valence-corrected chi connectivity index (χ1v) is 12.2. The smallest absolute Gasteiger partial charge is 0.306 e. The third kappa shape index (κ3) is 11.5. The average Bonchev–Trinajstić information content (AvgIpc) is 2.94. The number of aliphatic hydroxyl groups excluding tert-OH is 3. The Morgan fingerprint density at radius 1 is 1.00 bits per heavy atom. The Morgan fingerprint density at radius 2 is 1.70 bits per heavy atom. The highest BCUT2D eigenvalue weighted by Crippen LogP contribution is 2.38. The molecule has 0 heterocycles. The molecule has 0 spiro atoms. The van der Waals surface area contributed by atoms with Gasteiger partial charge in [-0.2, -0.15) is 0 Å². The molecule has 0 aromatic carbocycles. The summed E-state index contributed by atoms with van der Waals surface area (Å²) in [4.78, 5) is 11.5. The van der Waals surface area contributed by atoms with E-state index in [4.69, 9.17) is 4.74 Å². The van der Waals surface area contributed by atoms with Crippen LogP contribution in [0.2, 0.25) is 0 Å². The largest absolute Gasteiger partial charge is 0.463 e. The van der Waals surface area contributed by atoms with Crippen molar-refractivity contribution in [1.82, 2.24) is 0 Å². The molecule has 0 radical (unpaired) electrons. The zero-order valence-corrected chi connectivity index (χ0v) is 19.5. The maximum absolute atomic E-state index is 11.5. The number of hydrogen-bond acceptors (Lipinski definition) is 5. The number of aliphatic hydroxyl groups is 3. The first-order chi connectivity index (χ1) is 14.3. The maximum Gasteiger partial charge on any atom is 0.306 e. The lowest BCUT2D eigenvalue weighted by Gasteiger charge is -2.23. The van der Waals surface area contributed by atoms with Gasteiger partial charge in [0, 0.05) is 6.42 Å². The fourth-order valence-corrected chi connectivity index (χ4v) is 4.48. The van der Waals surface area contributed by atoms with Gasteiger partial charge in [0.2, 0.25) is 0 Å². The van der Waals surface area contributed by atoms with Gasteiger partial charge in [0.25, 0.3) is 0 Å². The van der Waals surface area contributed by atoms with Crippen LogP contribution >= 0.6 is 0 Å². The molecule has 0 saturated heterocycles. The zero-order chi connectivity index (χ0) is 22.4. The van der Waals surface area contributed by atoms with E-state index < -0.39 is 12.2 Å². The van der Waals surface area contributed by atoms with E-state index in [1.165, 1.54) is 25.7 Å². The maximum atomic E-state index is 11.5. The summed E-state index contributed by atoms with van der Waals surface area (Å²) in [5.41, 5.74) is 0. The molecular weight excluding hydrogens is 380 g/mol. The standard InChI is InChI=1S/C25H46O5/c1-4-5-6-7-10-13-20(26)16-17-22-21(23(27)18-24(22)28)14-11-8-9-12-15-25(29)30-19(2)3/h8,11,19-24,26-28H,4-7,9-10,12-18H2,1-3H3/b11-8-/t20-,21+,22+,23-,24+/m0/s1. The number of ether oxygens (including phenoxy) is 1. The van der Waals surface area contributed by atoms with Crippen molar-refractivity contribution in [1.29, 1.82) is 0 Å². The van der Waals surface area contributed by atoms with Crippen LogP contribution in [0.1, 0.15) is 104 Å². The van der Waals surface area contributed by atoms with Gasteiger partial charge in [0.15, 0.2) is 0 Å². The van der Waals surface area contributed by atoms with Gasteiger partial charge in [-0.25, -0.2) is 0 Å². The van der Waals surface area contributed by atoms with E-state index in [1.54, 1.807) is 0 Å². The van der Waals surface area contributed by atoms with Crippen LogP contribution < -0.4 is 0 Å². The summed E-state index contributed by atoms with van der Waals surface area (Å²) in [6, 6.07) is 0. The molecule has 1 aliphatic carbocycles. The Kier molecular flexibility index (Phi) is 14.3. The average molecular weight is 427 g/mol. The summed E-state index contributed by atoms with van der Waals surface area (Å²) in [5.74, 6) is -0.0731. The van der Waals surface area contributed by atoms with Crippen LogP contribution in [0.3, 0.4) is 0 Å². The minimum Gasteiger partial charge on any atom is -0.463 e. The Labute approximate surface area is 183 Å². The Balaban J connectivity index is 2.30. The molecule has 5 nitrogen and oxygen atoms in total. The lowest BCUT2D eigenvalue weighted by Crippen LogP contribution is -2.23. The molecule has 5 atom stereocenters. The molecule has 0 amide bonds. The van der Waals surface area contributed by atoms with Crippen LogP contribution in [0.25, 0.3) is 0 Å². The van der Waals surface area contributed by atoms with Crippen molar-refractivity contribution >= 4 is 5.97 Å². The molecule has 0 bridgehead atoms. The minimum absolute atomic E-state index is 0.0407. The van der Waals surface area contributed by atoms with Crippen LogP contribution in [0.5, 0.6) is 0 Å². The van der Waals surface area contributed by atoms with Gasteiger partial charge in [-0.3, -0.25) is 4.79 Å². The van der Waals surface area contributed by atoms with Crippen molar-refractivity contribution in [2.45, 2.75) is 129 Å². The predicted octanol–water partition coefficient (Wildman–Crippen LogP) is 4.91. The third-order valence-corrected chi connectivity index (χ3v) is 6.19. The molecule has 1 rings (SSSR count). The van der Waals surface area contributed by atoms with E-state index in [2.05, 4.69) is 19.1 Å². The number of esters is 1. The molecule has 1 aliphatic rings.